The summed E-state index contributed by atoms with van der Waals surface area (Å²) in [5, 5.41) is 11.3. The molecule has 0 bridgehead atoms. The highest BCUT2D eigenvalue weighted by Crippen LogP contribution is 2.01. The smallest absolute Gasteiger partial charge is 0.252 e. The van der Waals surface area contributed by atoms with E-state index in [4.69, 9.17) is 5.11 Å². The second-order valence-electron chi connectivity index (χ2n) is 3.93. The molecule has 0 aliphatic carbocycles. The lowest BCUT2D eigenvalue weighted by Gasteiger charge is -2.04. The van der Waals surface area contributed by atoms with Gasteiger partial charge in [0, 0.05) is 53.2 Å². The molecule has 1 aromatic rings. The van der Waals surface area contributed by atoms with Crippen molar-refractivity contribution in [1.29, 1.82) is 0 Å². The second kappa shape index (κ2) is 9.23. The van der Waals surface area contributed by atoms with Gasteiger partial charge in [0.1, 0.15) is 0 Å². The summed E-state index contributed by atoms with van der Waals surface area (Å²) in [5.41, 5.74) is 1.05. The molecule has 5 nitrogen and oxygen atoms in total. The van der Waals surface area contributed by atoms with E-state index >= 15 is 0 Å². The number of hydrogen-bond donors (Lipinski definition) is 2. The van der Waals surface area contributed by atoms with E-state index in [1.165, 1.54) is 6.20 Å². The predicted octanol–water partition coefficient (Wildman–Crippen LogP) is 0.314. The van der Waals surface area contributed by atoms with Gasteiger partial charge >= 0.3 is 0 Å². The maximum absolute atomic E-state index is 11.9. The Labute approximate surface area is 121 Å². The molecule has 0 radical (unpaired) electrons. The lowest BCUT2D eigenvalue weighted by atomic mass is 10.2. The lowest BCUT2D eigenvalue weighted by molar-refractivity contribution is 0.0955. The fourth-order valence-corrected chi connectivity index (χ4v) is 2.00. The van der Waals surface area contributed by atoms with Gasteiger partial charge in [-0.3, -0.25) is 14.0 Å². The highest BCUT2D eigenvalue weighted by atomic mass is 32.2. The van der Waals surface area contributed by atoms with Gasteiger partial charge in [0.05, 0.1) is 12.2 Å². The summed E-state index contributed by atoms with van der Waals surface area (Å²) in [6, 6.07) is 1.64. The van der Waals surface area contributed by atoms with Crippen LogP contribution in [0.3, 0.4) is 0 Å². The van der Waals surface area contributed by atoms with Crippen LogP contribution in [-0.4, -0.2) is 44.9 Å². The molecule has 0 aliphatic heterocycles. The Balaban J connectivity index is 2.58. The zero-order valence-electron chi connectivity index (χ0n) is 11.4. The number of hydrogen-bond acceptors (Lipinski definition) is 4. The van der Waals surface area contributed by atoms with Crippen LogP contribution in [0, 0.1) is 11.8 Å². The summed E-state index contributed by atoms with van der Waals surface area (Å²) >= 11 is 0. The first-order valence-electron chi connectivity index (χ1n) is 6.35. The maximum atomic E-state index is 11.9. The number of aliphatic hydroxyl groups is 1. The molecule has 20 heavy (non-hydrogen) atoms. The minimum Gasteiger partial charge on any atom is -0.395 e. The first kappa shape index (κ1) is 16.3. The molecule has 0 aliphatic rings. The third-order valence-electron chi connectivity index (χ3n) is 2.41. The Morgan fingerprint density at radius 1 is 1.50 bits per heavy atom. The number of nitrogens with zero attached hydrogens (tertiary/aromatic N) is 1. The summed E-state index contributed by atoms with van der Waals surface area (Å²) in [6.45, 7) is 2.23. The van der Waals surface area contributed by atoms with Gasteiger partial charge in [-0.1, -0.05) is 18.8 Å². The van der Waals surface area contributed by atoms with Gasteiger partial charge in [0.2, 0.25) is 0 Å². The molecule has 0 saturated carbocycles. The molecule has 6 heteroatoms. The Bertz CT molecular complexity index is 535. The molecule has 2 N–H and O–H groups in total. The number of aromatic nitrogens is 1. The monoisotopic (exact) mass is 294 g/mol. The zero-order chi connectivity index (χ0) is 14.8. The molecule has 0 spiro atoms. The predicted molar refractivity (Wildman–Crippen MR) is 78.7 cm³/mol. The van der Waals surface area contributed by atoms with Crippen molar-refractivity contribution in [2.45, 2.75) is 13.3 Å². The highest BCUT2D eigenvalue weighted by molar-refractivity contribution is 7.84. The third kappa shape index (κ3) is 5.95. The first-order valence-corrected chi connectivity index (χ1v) is 7.84. The van der Waals surface area contributed by atoms with Crippen LogP contribution in [0.2, 0.25) is 0 Å². The van der Waals surface area contributed by atoms with Gasteiger partial charge < -0.3 is 10.4 Å². The van der Waals surface area contributed by atoms with Crippen molar-refractivity contribution in [3.63, 3.8) is 0 Å². The van der Waals surface area contributed by atoms with Crippen molar-refractivity contribution >= 4 is 16.7 Å². The molecule has 108 valence electrons. The molecule has 1 amide bonds. The summed E-state index contributed by atoms with van der Waals surface area (Å²) in [5.74, 6) is 6.38. The highest BCUT2D eigenvalue weighted by Gasteiger charge is 2.06. The summed E-state index contributed by atoms with van der Waals surface area (Å²) in [6.07, 6.45) is 3.41. The number of pyridine rings is 1. The molecule has 0 saturated heterocycles. The van der Waals surface area contributed by atoms with Gasteiger partial charge in [-0.2, -0.15) is 0 Å². The minimum absolute atomic E-state index is 0.00910. The Morgan fingerprint density at radius 2 is 2.30 bits per heavy atom. The number of carbonyl (C=O) groups is 1. The Hall–Kier alpha value is -1.71. The molecule has 1 unspecified atom stereocenters. The Kier molecular flexibility index (Phi) is 7.55. The van der Waals surface area contributed by atoms with Crippen LogP contribution >= 0.6 is 0 Å². The van der Waals surface area contributed by atoms with Crippen LogP contribution in [0.1, 0.15) is 29.3 Å². The van der Waals surface area contributed by atoms with Crippen molar-refractivity contribution in [2.75, 3.05) is 24.7 Å². The van der Waals surface area contributed by atoms with E-state index in [-0.39, 0.29) is 12.5 Å². The van der Waals surface area contributed by atoms with Crippen molar-refractivity contribution < 1.29 is 14.1 Å². The number of carbonyl (C=O) groups excluding carboxylic acids is 1. The minimum atomic E-state index is -0.886. The van der Waals surface area contributed by atoms with Crippen LogP contribution in [0.4, 0.5) is 0 Å². The molecule has 1 atom stereocenters. The molecule has 0 aromatic carbocycles. The summed E-state index contributed by atoms with van der Waals surface area (Å²) in [7, 11) is -0.886. The third-order valence-corrected chi connectivity index (χ3v) is 3.71. The van der Waals surface area contributed by atoms with Gasteiger partial charge in [-0.05, 0) is 6.07 Å². The SMILES string of the molecule is CCS(=O)CCNC(=O)c1cncc(C#CCCO)c1. The van der Waals surface area contributed by atoms with E-state index in [2.05, 4.69) is 22.1 Å². The van der Waals surface area contributed by atoms with Crippen LogP contribution in [0.15, 0.2) is 18.5 Å². The van der Waals surface area contributed by atoms with E-state index in [9.17, 15) is 9.00 Å². The van der Waals surface area contributed by atoms with Gasteiger partial charge in [0.15, 0.2) is 0 Å². The number of nitrogens with one attached hydrogen (secondary N) is 1. The van der Waals surface area contributed by atoms with Crippen molar-refractivity contribution in [2.24, 2.45) is 0 Å². The average molecular weight is 294 g/mol. The first-order chi connectivity index (χ1) is 9.67. The lowest BCUT2D eigenvalue weighted by Crippen LogP contribution is -2.28. The molecule has 1 heterocycles. The largest absolute Gasteiger partial charge is 0.395 e. The van der Waals surface area contributed by atoms with Crippen LogP contribution in [0.5, 0.6) is 0 Å². The van der Waals surface area contributed by atoms with E-state index < -0.39 is 10.8 Å². The number of rotatable bonds is 6. The standard InChI is InChI=1S/C14H18N2O3S/c1-2-20(19)8-6-16-14(18)13-9-12(10-15-11-13)5-3-4-7-17/h9-11,17H,2,4,6-8H2,1H3,(H,16,18). The molecule has 0 fully saturated rings. The summed E-state index contributed by atoms with van der Waals surface area (Å²) < 4.78 is 11.2. The van der Waals surface area contributed by atoms with Gasteiger partial charge in [-0.15, -0.1) is 0 Å². The topological polar surface area (TPSA) is 79.3 Å². The summed E-state index contributed by atoms with van der Waals surface area (Å²) in [4.78, 5) is 15.8. The average Bonchev–Trinajstić information content (AvgIpc) is 2.47. The number of amides is 1. The van der Waals surface area contributed by atoms with E-state index in [0.717, 1.165) is 0 Å². The fraction of sp³-hybridized carbons (Fsp3) is 0.429. The normalized spacial score (nSPS) is 11.3. The van der Waals surface area contributed by atoms with E-state index in [1.807, 2.05) is 6.92 Å². The number of aliphatic hydroxyl groups excluding tert-OH is 1. The Morgan fingerprint density at radius 3 is 3.00 bits per heavy atom. The van der Waals surface area contributed by atoms with Gasteiger partial charge in [0.25, 0.3) is 5.91 Å². The van der Waals surface area contributed by atoms with Crippen LogP contribution < -0.4 is 5.32 Å². The molecule has 1 aromatic heterocycles. The van der Waals surface area contributed by atoms with E-state index in [0.29, 0.717) is 35.6 Å². The molecule has 1 rings (SSSR count). The van der Waals surface area contributed by atoms with Crippen LogP contribution in [-0.2, 0) is 10.8 Å². The van der Waals surface area contributed by atoms with Crippen molar-refractivity contribution in [3.8, 4) is 11.8 Å². The molecular formula is C14H18N2O3S. The zero-order valence-corrected chi connectivity index (χ0v) is 12.2. The van der Waals surface area contributed by atoms with Gasteiger partial charge in [-0.25, -0.2) is 0 Å². The van der Waals surface area contributed by atoms with Crippen molar-refractivity contribution in [3.05, 3.63) is 29.6 Å². The van der Waals surface area contributed by atoms with Crippen molar-refractivity contribution in [1.82, 2.24) is 10.3 Å². The second-order valence-corrected chi connectivity index (χ2v) is 5.79. The van der Waals surface area contributed by atoms with E-state index in [1.54, 1.807) is 12.3 Å². The maximum Gasteiger partial charge on any atom is 0.252 e. The van der Waals surface area contributed by atoms with Crippen LogP contribution in [0.25, 0.3) is 0 Å². The molecular weight excluding hydrogens is 276 g/mol. The fourth-order valence-electron chi connectivity index (χ4n) is 1.38. The quantitative estimate of drug-likeness (QED) is 0.740.